The molecule has 0 bridgehead atoms. The third-order valence-corrected chi connectivity index (χ3v) is 4.74. The van der Waals surface area contributed by atoms with Crippen LogP contribution in [0.15, 0.2) is 54.6 Å². The maximum absolute atomic E-state index is 6.07. The van der Waals surface area contributed by atoms with Gasteiger partial charge >= 0.3 is 0 Å². The summed E-state index contributed by atoms with van der Waals surface area (Å²) in [5, 5.41) is 0. The minimum Gasteiger partial charge on any atom is -0.489 e. The highest BCUT2D eigenvalue weighted by atomic mass is 16.5. The first-order chi connectivity index (χ1) is 12.0. The fraction of sp³-hybridized carbons (Fsp3) is 0.455. The van der Waals surface area contributed by atoms with Gasteiger partial charge in [0.25, 0.3) is 0 Å². The van der Waals surface area contributed by atoms with Crippen molar-refractivity contribution in [3.8, 4) is 5.75 Å². The maximum atomic E-state index is 6.07. The van der Waals surface area contributed by atoms with Gasteiger partial charge in [-0.05, 0) is 49.6 Å². The van der Waals surface area contributed by atoms with Gasteiger partial charge in [-0.25, -0.2) is 0 Å². The molecule has 0 aliphatic heterocycles. The number of likely N-dealkylation sites (N-methyl/N-ethyl adjacent to an activating group) is 1. The van der Waals surface area contributed by atoms with Crippen molar-refractivity contribution in [2.24, 2.45) is 11.7 Å². The first-order valence-corrected chi connectivity index (χ1v) is 9.20. The molecular formula is C22H32N2O. The van der Waals surface area contributed by atoms with Gasteiger partial charge in [0.15, 0.2) is 0 Å². The molecular weight excluding hydrogens is 308 g/mol. The van der Waals surface area contributed by atoms with Crippen LogP contribution in [0.2, 0.25) is 0 Å². The van der Waals surface area contributed by atoms with Crippen molar-refractivity contribution < 1.29 is 4.74 Å². The molecule has 0 radical (unpaired) electrons. The zero-order valence-corrected chi connectivity index (χ0v) is 16.0. The number of hydrogen-bond donors (Lipinski definition) is 1. The van der Waals surface area contributed by atoms with Gasteiger partial charge in [-0.2, -0.15) is 0 Å². The van der Waals surface area contributed by atoms with Crippen LogP contribution < -0.4 is 10.5 Å². The third kappa shape index (κ3) is 5.87. The van der Waals surface area contributed by atoms with E-state index in [4.69, 9.17) is 10.5 Å². The Morgan fingerprint density at radius 3 is 2.16 bits per heavy atom. The Hall–Kier alpha value is -1.84. The van der Waals surface area contributed by atoms with Crippen LogP contribution in [-0.4, -0.2) is 24.5 Å². The van der Waals surface area contributed by atoms with Crippen LogP contribution >= 0.6 is 0 Å². The molecule has 0 aliphatic carbocycles. The summed E-state index contributed by atoms with van der Waals surface area (Å²) in [5.74, 6) is 1.57. The van der Waals surface area contributed by atoms with Gasteiger partial charge in [0.05, 0.1) is 0 Å². The van der Waals surface area contributed by atoms with Crippen molar-refractivity contribution in [3.05, 3.63) is 65.7 Å². The van der Waals surface area contributed by atoms with Gasteiger partial charge in [-0.1, -0.05) is 56.3 Å². The molecule has 3 heteroatoms. The van der Waals surface area contributed by atoms with Gasteiger partial charge in [0.1, 0.15) is 12.4 Å². The number of nitrogens with zero attached hydrogens (tertiary/aromatic N) is 1. The van der Waals surface area contributed by atoms with Gasteiger partial charge in [0.2, 0.25) is 0 Å². The lowest BCUT2D eigenvalue weighted by molar-refractivity contribution is 0.168. The van der Waals surface area contributed by atoms with E-state index in [1.54, 1.807) is 0 Å². The zero-order valence-electron chi connectivity index (χ0n) is 16.0. The average molecular weight is 341 g/mol. The molecule has 0 saturated heterocycles. The fourth-order valence-corrected chi connectivity index (χ4v) is 3.22. The van der Waals surface area contributed by atoms with Gasteiger partial charge in [-0.3, -0.25) is 4.90 Å². The highest BCUT2D eigenvalue weighted by Crippen LogP contribution is 2.25. The molecule has 0 aromatic heterocycles. The molecule has 2 aromatic rings. The van der Waals surface area contributed by atoms with E-state index in [-0.39, 0.29) is 6.04 Å². The van der Waals surface area contributed by atoms with E-state index in [9.17, 15) is 0 Å². The second kappa shape index (κ2) is 9.59. The molecule has 0 aliphatic rings. The highest BCUT2D eigenvalue weighted by Gasteiger charge is 2.21. The van der Waals surface area contributed by atoms with Crippen LogP contribution in [0, 0.1) is 5.92 Å². The lowest BCUT2D eigenvalue weighted by Gasteiger charge is -2.33. The minimum atomic E-state index is 0.233. The number of benzene rings is 2. The average Bonchev–Trinajstić information content (AvgIpc) is 2.62. The molecule has 2 rings (SSSR count). The molecule has 25 heavy (non-hydrogen) atoms. The molecule has 0 amide bonds. The fourth-order valence-electron chi connectivity index (χ4n) is 3.22. The van der Waals surface area contributed by atoms with Crippen LogP contribution in [-0.2, 0) is 6.61 Å². The predicted octanol–water partition coefficient (Wildman–Crippen LogP) is 4.63. The van der Waals surface area contributed by atoms with Crippen LogP contribution in [0.3, 0.4) is 0 Å². The Balaban J connectivity index is 1.99. The van der Waals surface area contributed by atoms with Gasteiger partial charge in [-0.15, -0.1) is 0 Å². The SMILES string of the molecule is CC(C)CC(C)N(C)C(CN)c1ccc(OCc2ccccc2)cc1. The van der Waals surface area contributed by atoms with E-state index >= 15 is 0 Å². The summed E-state index contributed by atoms with van der Waals surface area (Å²) < 4.78 is 5.88. The zero-order chi connectivity index (χ0) is 18.2. The Kier molecular flexibility index (Phi) is 7.48. The maximum Gasteiger partial charge on any atom is 0.119 e. The van der Waals surface area contributed by atoms with E-state index in [1.807, 2.05) is 30.3 Å². The second-order valence-corrected chi connectivity index (χ2v) is 7.24. The summed E-state index contributed by atoms with van der Waals surface area (Å²) in [7, 11) is 2.17. The van der Waals surface area contributed by atoms with Crippen LogP contribution in [0.5, 0.6) is 5.75 Å². The molecule has 2 aromatic carbocycles. The summed E-state index contributed by atoms with van der Waals surface area (Å²) in [4.78, 5) is 2.39. The smallest absolute Gasteiger partial charge is 0.119 e. The summed E-state index contributed by atoms with van der Waals surface area (Å²) in [5.41, 5.74) is 8.49. The standard InChI is InChI=1S/C22H32N2O/c1-17(2)14-18(3)24(4)22(15-23)20-10-12-21(13-11-20)25-16-19-8-6-5-7-9-19/h5-13,17-18,22H,14-16,23H2,1-4H3. The van der Waals surface area contributed by atoms with Crippen molar-refractivity contribution >= 4 is 0 Å². The quantitative estimate of drug-likeness (QED) is 0.723. The minimum absolute atomic E-state index is 0.233. The predicted molar refractivity (Wildman–Crippen MR) is 106 cm³/mol. The van der Waals surface area contributed by atoms with E-state index in [0.29, 0.717) is 25.1 Å². The molecule has 0 fully saturated rings. The molecule has 136 valence electrons. The normalized spacial score (nSPS) is 13.9. The van der Waals surface area contributed by atoms with Crippen molar-refractivity contribution in [2.75, 3.05) is 13.6 Å². The summed E-state index contributed by atoms with van der Waals surface area (Å²) in [6, 6.07) is 19.3. The first kappa shape index (κ1) is 19.5. The molecule has 0 saturated carbocycles. The van der Waals surface area contributed by atoms with Crippen LogP contribution in [0.25, 0.3) is 0 Å². The lowest BCUT2D eigenvalue weighted by Crippen LogP contribution is -2.37. The second-order valence-electron chi connectivity index (χ2n) is 7.24. The molecule has 3 nitrogen and oxygen atoms in total. The Bertz CT molecular complexity index is 610. The largest absolute Gasteiger partial charge is 0.489 e. The summed E-state index contributed by atoms with van der Waals surface area (Å²) >= 11 is 0. The number of ether oxygens (including phenoxy) is 1. The summed E-state index contributed by atoms with van der Waals surface area (Å²) in [6.45, 7) is 8.01. The van der Waals surface area contributed by atoms with Crippen molar-refractivity contribution in [2.45, 2.75) is 45.9 Å². The number of hydrogen-bond acceptors (Lipinski definition) is 3. The first-order valence-electron chi connectivity index (χ1n) is 9.20. The third-order valence-electron chi connectivity index (χ3n) is 4.74. The number of nitrogens with two attached hydrogens (primary N) is 1. The molecule has 0 spiro atoms. The van der Waals surface area contributed by atoms with Crippen LogP contribution in [0.1, 0.15) is 44.4 Å². The molecule has 0 heterocycles. The Morgan fingerprint density at radius 1 is 0.960 bits per heavy atom. The Morgan fingerprint density at radius 2 is 1.60 bits per heavy atom. The van der Waals surface area contributed by atoms with Crippen molar-refractivity contribution in [3.63, 3.8) is 0 Å². The molecule has 2 N–H and O–H groups in total. The lowest BCUT2D eigenvalue weighted by atomic mass is 9.99. The van der Waals surface area contributed by atoms with Crippen molar-refractivity contribution in [1.82, 2.24) is 4.90 Å². The summed E-state index contributed by atoms with van der Waals surface area (Å²) in [6.07, 6.45) is 1.17. The van der Waals surface area contributed by atoms with E-state index in [0.717, 1.165) is 5.75 Å². The van der Waals surface area contributed by atoms with Gasteiger partial charge < -0.3 is 10.5 Å². The molecule has 2 atom stereocenters. The Labute approximate surface area is 152 Å². The molecule has 2 unspecified atom stereocenters. The van der Waals surface area contributed by atoms with Crippen LogP contribution in [0.4, 0.5) is 0 Å². The topological polar surface area (TPSA) is 38.5 Å². The van der Waals surface area contributed by atoms with E-state index in [1.165, 1.54) is 17.5 Å². The van der Waals surface area contributed by atoms with E-state index < -0.39 is 0 Å². The monoisotopic (exact) mass is 340 g/mol. The highest BCUT2D eigenvalue weighted by molar-refractivity contribution is 5.30. The van der Waals surface area contributed by atoms with Gasteiger partial charge in [0, 0.05) is 18.6 Å². The van der Waals surface area contributed by atoms with E-state index in [2.05, 4.69) is 57.0 Å². The number of rotatable bonds is 9. The van der Waals surface area contributed by atoms with Crippen molar-refractivity contribution in [1.29, 1.82) is 0 Å².